The number of nitriles is 1. The first-order valence-corrected chi connectivity index (χ1v) is 7.70. The standard InChI is InChI=1S/C17H24N4O/c1-13(2)6-7-17(3,22)12-19-9-15-10-20-16-5-4-14(8-18)11-21(15)16/h4-5,10-11,13,19,22H,6-7,9,12H2,1-3H3. The molecular formula is C17H24N4O. The van der Waals surface area contributed by atoms with Crippen LogP contribution in [0.5, 0.6) is 0 Å². The van der Waals surface area contributed by atoms with Gasteiger partial charge in [0, 0.05) is 19.3 Å². The number of rotatable bonds is 7. The van der Waals surface area contributed by atoms with Crippen LogP contribution in [-0.4, -0.2) is 26.6 Å². The summed E-state index contributed by atoms with van der Waals surface area (Å²) in [6.07, 6.45) is 5.38. The first-order valence-electron chi connectivity index (χ1n) is 7.70. The second-order valence-electron chi connectivity index (χ2n) is 6.54. The fraction of sp³-hybridized carbons (Fsp3) is 0.529. The molecule has 0 aliphatic carbocycles. The molecule has 0 aliphatic heterocycles. The van der Waals surface area contributed by atoms with Gasteiger partial charge in [-0.25, -0.2) is 4.98 Å². The first kappa shape index (κ1) is 16.5. The van der Waals surface area contributed by atoms with Crippen molar-refractivity contribution in [3.8, 4) is 6.07 Å². The summed E-state index contributed by atoms with van der Waals surface area (Å²) in [5.41, 5.74) is 1.70. The summed E-state index contributed by atoms with van der Waals surface area (Å²) in [6, 6.07) is 5.73. The van der Waals surface area contributed by atoms with E-state index in [1.165, 1.54) is 0 Å². The molecule has 0 aromatic carbocycles. The molecular weight excluding hydrogens is 276 g/mol. The van der Waals surface area contributed by atoms with E-state index in [1.54, 1.807) is 18.5 Å². The number of hydrogen-bond donors (Lipinski definition) is 2. The third-order valence-electron chi connectivity index (χ3n) is 3.78. The Bertz CT molecular complexity index is 667. The molecule has 0 bridgehead atoms. The van der Waals surface area contributed by atoms with Crippen molar-refractivity contribution in [1.82, 2.24) is 14.7 Å². The number of hydrogen-bond acceptors (Lipinski definition) is 4. The highest BCUT2D eigenvalue weighted by molar-refractivity contribution is 5.44. The second-order valence-corrected chi connectivity index (χ2v) is 6.54. The van der Waals surface area contributed by atoms with E-state index >= 15 is 0 Å². The van der Waals surface area contributed by atoms with Gasteiger partial charge in [-0.1, -0.05) is 13.8 Å². The summed E-state index contributed by atoms with van der Waals surface area (Å²) >= 11 is 0. The number of fused-ring (bicyclic) bond motifs is 1. The van der Waals surface area contributed by atoms with Gasteiger partial charge in [-0.15, -0.1) is 0 Å². The van der Waals surface area contributed by atoms with Crippen LogP contribution in [-0.2, 0) is 6.54 Å². The van der Waals surface area contributed by atoms with Crippen molar-refractivity contribution in [2.75, 3.05) is 6.54 Å². The van der Waals surface area contributed by atoms with Gasteiger partial charge in [0.15, 0.2) is 0 Å². The minimum Gasteiger partial charge on any atom is -0.389 e. The van der Waals surface area contributed by atoms with Crippen LogP contribution in [0.4, 0.5) is 0 Å². The number of aromatic nitrogens is 2. The van der Waals surface area contributed by atoms with Crippen molar-refractivity contribution in [3.63, 3.8) is 0 Å². The van der Waals surface area contributed by atoms with E-state index in [1.807, 2.05) is 17.4 Å². The maximum absolute atomic E-state index is 10.4. The van der Waals surface area contributed by atoms with E-state index < -0.39 is 5.60 Å². The van der Waals surface area contributed by atoms with Crippen LogP contribution in [0.1, 0.15) is 44.9 Å². The smallest absolute Gasteiger partial charge is 0.137 e. The van der Waals surface area contributed by atoms with Gasteiger partial charge in [0.2, 0.25) is 0 Å². The van der Waals surface area contributed by atoms with Crippen LogP contribution in [0, 0.1) is 17.2 Å². The lowest BCUT2D eigenvalue weighted by Crippen LogP contribution is -2.37. The van der Waals surface area contributed by atoms with E-state index in [9.17, 15) is 5.11 Å². The van der Waals surface area contributed by atoms with Crippen molar-refractivity contribution in [2.45, 2.75) is 45.8 Å². The van der Waals surface area contributed by atoms with Crippen LogP contribution in [0.25, 0.3) is 5.65 Å². The fourth-order valence-corrected chi connectivity index (χ4v) is 2.38. The van der Waals surface area contributed by atoms with Crippen LogP contribution in [0.3, 0.4) is 0 Å². The van der Waals surface area contributed by atoms with E-state index in [0.717, 1.165) is 24.2 Å². The van der Waals surface area contributed by atoms with Gasteiger partial charge in [-0.05, 0) is 37.8 Å². The van der Waals surface area contributed by atoms with Crippen molar-refractivity contribution in [3.05, 3.63) is 35.8 Å². The molecule has 0 amide bonds. The predicted octanol–water partition coefficient (Wildman–Crippen LogP) is 2.48. The van der Waals surface area contributed by atoms with E-state index in [0.29, 0.717) is 24.6 Å². The quantitative estimate of drug-likeness (QED) is 0.824. The highest BCUT2D eigenvalue weighted by Crippen LogP contribution is 2.16. The summed E-state index contributed by atoms with van der Waals surface area (Å²) in [4.78, 5) is 4.32. The summed E-state index contributed by atoms with van der Waals surface area (Å²) in [6.45, 7) is 7.33. The Hall–Kier alpha value is -1.90. The molecule has 5 heteroatoms. The molecule has 0 saturated heterocycles. The molecule has 2 rings (SSSR count). The van der Waals surface area contributed by atoms with Gasteiger partial charge in [-0.2, -0.15) is 5.26 Å². The predicted molar refractivity (Wildman–Crippen MR) is 86.3 cm³/mol. The largest absolute Gasteiger partial charge is 0.389 e. The third kappa shape index (κ3) is 4.30. The van der Waals surface area contributed by atoms with E-state index in [4.69, 9.17) is 5.26 Å². The fourth-order valence-electron chi connectivity index (χ4n) is 2.38. The Morgan fingerprint density at radius 3 is 2.91 bits per heavy atom. The summed E-state index contributed by atoms with van der Waals surface area (Å²) in [5.74, 6) is 0.592. The molecule has 1 unspecified atom stereocenters. The molecule has 0 aliphatic rings. The highest BCUT2D eigenvalue weighted by Gasteiger charge is 2.20. The van der Waals surface area contributed by atoms with Gasteiger partial charge >= 0.3 is 0 Å². The van der Waals surface area contributed by atoms with Gasteiger partial charge in [0.25, 0.3) is 0 Å². The lowest BCUT2D eigenvalue weighted by molar-refractivity contribution is 0.0450. The van der Waals surface area contributed by atoms with E-state index in [2.05, 4.69) is 30.2 Å². The normalized spacial score (nSPS) is 14.2. The van der Waals surface area contributed by atoms with Gasteiger partial charge in [0.05, 0.1) is 23.1 Å². The molecule has 2 aromatic heterocycles. The molecule has 2 heterocycles. The molecule has 22 heavy (non-hydrogen) atoms. The maximum atomic E-state index is 10.4. The monoisotopic (exact) mass is 300 g/mol. The lowest BCUT2D eigenvalue weighted by Gasteiger charge is -2.24. The Morgan fingerprint density at radius 2 is 2.23 bits per heavy atom. The number of imidazole rings is 1. The highest BCUT2D eigenvalue weighted by atomic mass is 16.3. The third-order valence-corrected chi connectivity index (χ3v) is 3.78. The SMILES string of the molecule is CC(C)CCC(C)(O)CNCc1cnc2ccc(C#N)cn12. The molecule has 0 radical (unpaired) electrons. The summed E-state index contributed by atoms with van der Waals surface area (Å²) in [7, 11) is 0. The minimum atomic E-state index is -0.706. The Balaban J connectivity index is 1.96. The minimum absolute atomic E-state index is 0.533. The molecule has 2 N–H and O–H groups in total. The molecule has 0 spiro atoms. The summed E-state index contributed by atoms with van der Waals surface area (Å²) < 4.78 is 1.91. The molecule has 0 saturated carbocycles. The molecule has 2 aromatic rings. The Kier molecular flexibility index (Phi) is 5.17. The number of pyridine rings is 1. The maximum Gasteiger partial charge on any atom is 0.137 e. The second kappa shape index (κ2) is 6.91. The summed E-state index contributed by atoms with van der Waals surface area (Å²) in [5, 5.41) is 22.6. The Morgan fingerprint density at radius 1 is 1.45 bits per heavy atom. The Labute approximate surface area is 131 Å². The molecule has 0 fully saturated rings. The van der Waals surface area contributed by atoms with Crippen LogP contribution >= 0.6 is 0 Å². The van der Waals surface area contributed by atoms with Crippen LogP contribution < -0.4 is 5.32 Å². The number of nitrogens with one attached hydrogen (secondary N) is 1. The van der Waals surface area contributed by atoms with Crippen molar-refractivity contribution in [1.29, 1.82) is 5.26 Å². The molecule has 118 valence electrons. The average molecular weight is 300 g/mol. The number of aliphatic hydroxyl groups is 1. The van der Waals surface area contributed by atoms with Gasteiger partial charge in [0.1, 0.15) is 11.7 Å². The van der Waals surface area contributed by atoms with Crippen LogP contribution in [0.2, 0.25) is 0 Å². The van der Waals surface area contributed by atoms with Crippen molar-refractivity contribution >= 4 is 5.65 Å². The van der Waals surface area contributed by atoms with E-state index in [-0.39, 0.29) is 0 Å². The molecule has 5 nitrogen and oxygen atoms in total. The molecule has 1 atom stereocenters. The van der Waals surface area contributed by atoms with Crippen molar-refractivity contribution < 1.29 is 5.11 Å². The first-order chi connectivity index (χ1) is 10.4. The topological polar surface area (TPSA) is 73.3 Å². The van der Waals surface area contributed by atoms with Crippen molar-refractivity contribution in [2.24, 2.45) is 5.92 Å². The van der Waals surface area contributed by atoms with Gasteiger partial charge < -0.3 is 14.8 Å². The zero-order chi connectivity index (χ0) is 16.2. The lowest BCUT2D eigenvalue weighted by atomic mass is 9.95. The van der Waals surface area contributed by atoms with Gasteiger partial charge in [-0.3, -0.25) is 0 Å². The van der Waals surface area contributed by atoms with Crippen LogP contribution in [0.15, 0.2) is 24.5 Å². The zero-order valence-electron chi connectivity index (χ0n) is 13.5. The zero-order valence-corrected chi connectivity index (χ0v) is 13.5. The number of nitrogens with zero attached hydrogens (tertiary/aromatic N) is 3. The average Bonchev–Trinajstić information content (AvgIpc) is 2.87.